The van der Waals surface area contributed by atoms with Gasteiger partial charge in [0, 0.05) is 17.3 Å². The van der Waals surface area contributed by atoms with Crippen LogP contribution in [-0.4, -0.2) is 42.8 Å². The number of thioether (sulfide) groups is 1. The number of carbonyl (C=O) groups is 1. The quantitative estimate of drug-likeness (QED) is 0.319. The van der Waals surface area contributed by atoms with Crippen LogP contribution in [-0.2, 0) is 4.79 Å². The SMILES string of the molecule is CCOc1ccc(-n2c(SCC(=O)Nc3ccnn3C3CCCC3)nnc2-c2ccccc2)cc1. The van der Waals surface area contributed by atoms with Crippen molar-refractivity contribution in [2.24, 2.45) is 0 Å². The molecule has 0 radical (unpaired) electrons. The minimum atomic E-state index is -0.0998. The number of nitrogens with one attached hydrogen (secondary N) is 1. The van der Waals surface area contributed by atoms with Crippen LogP contribution in [0.2, 0.25) is 0 Å². The summed E-state index contributed by atoms with van der Waals surface area (Å²) in [5, 5.41) is 17.0. The molecule has 1 N–H and O–H groups in total. The standard InChI is InChI=1S/C26H28N6O2S/c1-2-34-22-14-12-20(13-15-22)31-25(19-8-4-3-5-9-19)29-30-26(31)35-18-24(33)28-23-16-17-27-32(23)21-10-6-7-11-21/h3-5,8-9,12-17,21H,2,6-7,10-11,18H2,1H3,(H,28,33). The molecule has 8 nitrogen and oxygen atoms in total. The molecule has 1 aliphatic carbocycles. The number of carbonyl (C=O) groups excluding carboxylic acids is 1. The third kappa shape index (κ3) is 5.24. The molecule has 1 fully saturated rings. The van der Waals surface area contributed by atoms with Crippen molar-refractivity contribution in [3.63, 3.8) is 0 Å². The van der Waals surface area contributed by atoms with E-state index < -0.39 is 0 Å². The molecule has 2 aromatic heterocycles. The topological polar surface area (TPSA) is 86.9 Å². The number of anilines is 1. The van der Waals surface area contributed by atoms with E-state index in [1.165, 1.54) is 24.6 Å². The zero-order valence-electron chi connectivity index (χ0n) is 19.6. The van der Waals surface area contributed by atoms with Crippen LogP contribution in [0.25, 0.3) is 17.1 Å². The number of hydrogen-bond acceptors (Lipinski definition) is 6. The van der Waals surface area contributed by atoms with Gasteiger partial charge in [0.2, 0.25) is 5.91 Å². The molecular weight excluding hydrogens is 460 g/mol. The zero-order chi connectivity index (χ0) is 24.0. The number of ether oxygens (including phenoxy) is 1. The van der Waals surface area contributed by atoms with Crippen LogP contribution in [0.3, 0.4) is 0 Å². The Morgan fingerprint density at radius 1 is 1.06 bits per heavy atom. The average molecular weight is 489 g/mol. The van der Waals surface area contributed by atoms with Crippen LogP contribution < -0.4 is 10.1 Å². The molecule has 2 aromatic carbocycles. The van der Waals surface area contributed by atoms with Gasteiger partial charge in [-0.3, -0.25) is 9.36 Å². The number of rotatable bonds is 9. The van der Waals surface area contributed by atoms with Gasteiger partial charge in [0.25, 0.3) is 0 Å². The number of hydrogen-bond donors (Lipinski definition) is 1. The maximum absolute atomic E-state index is 12.8. The van der Waals surface area contributed by atoms with Crippen LogP contribution in [0.5, 0.6) is 5.75 Å². The van der Waals surface area contributed by atoms with Gasteiger partial charge in [0.1, 0.15) is 11.6 Å². The normalized spacial score (nSPS) is 13.7. The molecule has 5 rings (SSSR count). The summed E-state index contributed by atoms with van der Waals surface area (Å²) < 4.78 is 9.52. The zero-order valence-corrected chi connectivity index (χ0v) is 20.4. The highest BCUT2D eigenvalue weighted by Crippen LogP contribution is 2.32. The molecule has 1 saturated carbocycles. The molecule has 4 aromatic rings. The second-order valence-corrected chi connectivity index (χ2v) is 9.31. The van der Waals surface area contributed by atoms with Crippen molar-refractivity contribution < 1.29 is 9.53 Å². The lowest BCUT2D eigenvalue weighted by Crippen LogP contribution is -2.19. The minimum Gasteiger partial charge on any atom is -0.494 e. The molecule has 0 spiro atoms. The second kappa shape index (κ2) is 10.8. The van der Waals surface area contributed by atoms with Crippen molar-refractivity contribution >= 4 is 23.5 Å². The fourth-order valence-electron chi connectivity index (χ4n) is 4.39. The number of aromatic nitrogens is 5. The molecule has 0 aliphatic heterocycles. The average Bonchev–Trinajstić information content (AvgIpc) is 3.65. The summed E-state index contributed by atoms with van der Waals surface area (Å²) in [7, 11) is 0. The van der Waals surface area contributed by atoms with Crippen LogP contribution in [0.1, 0.15) is 38.6 Å². The lowest BCUT2D eigenvalue weighted by Gasteiger charge is -2.14. The van der Waals surface area contributed by atoms with Gasteiger partial charge in [-0.05, 0) is 44.0 Å². The van der Waals surface area contributed by atoms with Gasteiger partial charge in [-0.2, -0.15) is 5.10 Å². The number of benzene rings is 2. The Morgan fingerprint density at radius 3 is 2.57 bits per heavy atom. The number of amides is 1. The molecule has 0 unspecified atom stereocenters. The lowest BCUT2D eigenvalue weighted by molar-refractivity contribution is -0.113. The molecular formula is C26H28N6O2S. The van der Waals surface area contributed by atoms with Crippen LogP contribution >= 0.6 is 11.8 Å². The maximum Gasteiger partial charge on any atom is 0.235 e. The Balaban J connectivity index is 1.35. The van der Waals surface area contributed by atoms with E-state index in [2.05, 4.69) is 20.6 Å². The molecule has 0 atom stereocenters. The number of nitrogens with zero attached hydrogens (tertiary/aromatic N) is 5. The molecule has 1 aliphatic rings. The van der Waals surface area contributed by atoms with Gasteiger partial charge in [0.15, 0.2) is 11.0 Å². The molecule has 0 saturated heterocycles. The highest BCUT2D eigenvalue weighted by atomic mass is 32.2. The third-order valence-corrected chi connectivity index (χ3v) is 6.94. The van der Waals surface area contributed by atoms with Crippen molar-refractivity contribution in [2.45, 2.75) is 43.8 Å². The maximum atomic E-state index is 12.8. The van der Waals surface area contributed by atoms with Crippen molar-refractivity contribution in [3.8, 4) is 22.8 Å². The Labute approximate surface area is 208 Å². The van der Waals surface area contributed by atoms with E-state index in [0.717, 1.165) is 41.5 Å². The van der Waals surface area contributed by atoms with E-state index in [1.807, 2.05) is 76.8 Å². The predicted molar refractivity (Wildman–Crippen MR) is 137 cm³/mol. The van der Waals surface area contributed by atoms with Gasteiger partial charge >= 0.3 is 0 Å². The van der Waals surface area contributed by atoms with Crippen molar-refractivity contribution in [1.82, 2.24) is 24.5 Å². The van der Waals surface area contributed by atoms with Crippen LogP contribution in [0.4, 0.5) is 5.82 Å². The highest BCUT2D eigenvalue weighted by Gasteiger charge is 2.21. The van der Waals surface area contributed by atoms with E-state index in [-0.39, 0.29) is 11.7 Å². The summed E-state index contributed by atoms with van der Waals surface area (Å²) >= 11 is 1.36. The molecule has 1 amide bonds. The fourth-order valence-corrected chi connectivity index (χ4v) is 5.14. The van der Waals surface area contributed by atoms with Gasteiger partial charge < -0.3 is 10.1 Å². The van der Waals surface area contributed by atoms with Crippen molar-refractivity contribution in [1.29, 1.82) is 0 Å². The molecule has 180 valence electrons. The van der Waals surface area contributed by atoms with E-state index in [1.54, 1.807) is 6.20 Å². The Kier molecular flexibility index (Phi) is 7.13. The summed E-state index contributed by atoms with van der Waals surface area (Å²) in [5.74, 6) is 2.38. The predicted octanol–water partition coefficient (Wildman–Crippen LogP) is 5.38. The van der Waals surface area contributed by atoms with E-state index in [9.17, 15) is 4.79 Å². The lowest BCUT2D eigenvalue weighted by atomic mass is 10.2. The van der Waals surface area contributed by atoms with Gasteiger partial charge in [-0.1, -0.05) is 54.9 Å². The monoisotopic (exact) mass is 488 g/mol. The third-order valence-electron chi connectivity index (χ3n) is 6.01. The van der Waals surface area contributed by atoms with Crippen LogP contribution in [0, 0.1) is 0 Å². The van der Waals surface area contributed by atoms with Crippen molar-refractivity contribution in [2.75, 3.05) is 17.7 Å². The molecule has 9 heteroatoms. The first-order valence-corrected chi connectivity index (χ1v) is 12.9. The van der Waals surface area contributed by atoms with Gasteiger partial charge in [-0.25, -0.2) is 4.68 Å². The Hall–Kier alpha value is -3.59. The van der Waals surface area contributed by atoms with Gasteiger partial charge in [-0.15, -0.1) is 10.2 Å². The van der Waals surface area contributed by atoms with Crippen LogP contribution in [0.15, 0.2) is 72.0 Å². The Bertz CT molecular complexity index is 1260. The molecule has 0 bridgehead atoms. The first kappa shape index (κ1) is 23.2. The minimum absolute atomic E-state index is 0.0998. The highest BCUT2D eigenvalue weighted by molar-refractivity contribution is 7.99. The summed E-state index contributed by atoms with van der Waals surface area (Å²) in [6, 6.07) is 20.0. The molecule has 35 heavy (non-hydrogen) atoms. The smallest absolute Gasteiger partial charge is 0.235 e. The first-order chi connectivity index (χ1) is 17.2. The fraction of sp³-hybridized carbons (Fsp3) is 0.308. The summed E-state index contributed by atoms with van der Waals surface area (Å²) in [6.45, 7) is 2.57. The Morgan fingerprint density at radius 2 is 1.83 bits per heavy atom. The second-order valence-electron chi connectivity index (χ2n) is 8.37. The van der Waals surface area contributed by atoms with E-state index in [4.69, 9.17) is 4.74 Å². The summed E-state index contributed by atoms with van der Waals surface area (Å²) in [5.41, 5.74) is 1.85. The van der Waals surface area contributed by atoms with Crippen molar-refractivity contribution in [3.05, 3.63) is 66.9 Å². The van der Waals surface area contributed by atoms with E-state index in [0.29, 0.717) is 17.8 Å². The summed E-state index contributed by atoms with van der Waals surface area (Å²) in [4.78, 5) is 12.8. The first-order valence-electron chi connectivity index (χ1n) is 11.9. The molecule has 2 heterocycles. The summed E-state index contributed by atoms with van der Waals surface area (Å²) in [6.07, 6.45) is 6.37. The van der Waals surface area contributed by atoms with Gasteiger partial charge in [0.05, 0.1) is 24.6 Å². The van der Waals surface area contributed by atoms with E-state index >= 15 is 0 Å². The largest absolute Gasteiger partial charge is 0.494 e.